The maximum atomic E-state index is 12.4. The summed E-state index contributed by atoms with van der Waals surface area (Å²) in [5.74, 6) is 0.0424. The number of carbonyl (C=O) groups excluding carboxylic acids is 1. The van der Waals surface area contributed by atoms with Crippen LogP contribution in [0.5, 0.6) is 0 Å². The normalized spacial score (nSPS) is 36.7. The molecule has 0 bridgehead atoms. The molecule has 2 aliphatic rings. The molecule has 0 aromatic rings. The zero-order valence-corrected chi connectivity index (χ0v) is 11.8. The Balaban J connectivity index is 1.97. The molecule has 2 rings (SSSR count). The van der Waals surface area contributed by atoms with Crippen molar-refractivity contribution in [3.63, 3.8) is 0 Å². The van der Waals surface area contributed by atoms with Gasteiger partial charge in [-0.1, -0.05) is 6.92 Å². The molecule has 102 valence electrons. The van der Waals surface area contributed by atoms with Gasteiger partial charge >= 0.3 is 5.97 Å². The second-order valence-corrected chi connectivity index (χ2v) is 6.88. The molecule has 0 aromatic carbocycles. The Kier molecular flexibility index (Phi) is 4.20. The monoisotopic (exact) mass is 271 g/mol. The van der Waals surface area contributed by atoms with E-state index in [9.17, 15) is 9.59 Å². The molecule has 4 nitrogen and oxygen atoms in total. The lowest BCUT2D eigenvalue weighted by atomic mass is 10.0. The molecular formula is C13H21NO3S. The third-order valence-electron chi connectivity index (χ3n) is 4.30. The van der Waals surface area contributed by atoms with Crippen molar-refractivity contribution in [2.45, 2.75) is 44.4 Å². The minimum Gasteiger partial charge on any atom is -0.481 e. The first kappa shape index (κ1) is 13.7. The van der Waals surface area contributed by atoms with E-state index in [1.807, 2.05) is 16.7 Å². The van der Waals surface area contributed by atoms with E-state index in [0.717, 1.165) is 18.7 Å². The summed E-state index contributed by atoms with van der Waals surface area (Å²) in [6, 6.07) is 0.264. The first-order valence-electron chi connectivity index (χ1n) is 6.65. The van der Waals surface area contributed by atoms with Gasteiger partial charge in [-0.3, -0.25) is 9.59 Å². The summed E-state index contributed by atoms with van der Waals surface area (Å²) in [6.45, 7) is 5.06. The van der Waals surface area contributed by atoms with Crippen LogP contribution in [-0.2, 0) is 9.59 Å². The molecule has 1 saturated heterocycles. The van der Waals surface area contributed by atoms with Crippen LogP contribution < -0.4 is 0 Å². The fourth-order valence-electron chi connectivity index (χ4n) is 2.91. The van der Waals surface area contributed by atoms with E-state index in [1.165, 1.54) is 0 Å². The summed E-state index contributed by atoms with van der Waals surface area (Å²) in [4.78, 5) is 25.4. The fraction of sp³-hybridized carbons (Fsp3) is 0.846. The fourth-order valence-corrected chi connectivity index (χ4v) is 4.01. The maximum Gasteiger partial charge on any atom is 0.306 e. The van der Waals surface area contributed by atoms with Crippen LogP contribution in [-0.4, -0.2) is 45.5 Å². The van der Waals surface area contributed by atoms with Crippen LogP contribution in [0.15, 0.2) is 0 Å². The van der Waals surface area contributed by atoms with Crippen molar-refractivity contribution in [2.24, 2.45) is 11.8 Å². The Labute approximate surface area is 112 Å². The first-order chi connectivity index (χ1) is 8.50. The van der Waals surface area contributed by atoms with Crippen LogP contribution >= 0.6 is 11.8 Å². The molecule has 18 heavy (non-hydrogen) atoms. The summed E-state index contributed by atoms with van der Waals surface area (Å²) >= 11 is 1.91. The largest absolute Gasteiger partial charge is 0.481 e. The number of carbonyl (C=O) groups is 2. The van der Waals surface area contributed by atoms with Gasteiger partial charge in [0, 0.05) is 29.5 Å². The lowest BCUT2D eigenvalue weighted by molar-refractivity contribution is -0.142. The second kappa shape index (κ2) is 5.51. The summed E-state index contributed by atoms with van der Waals surface area (Å²) in [7, 11) is 0. The molecule has 0 aromatic heterocycles. The average molecular weight is 271 g/mol. The maximum absolute atomic E-state index is 12.4. The highest BCUT2D eigenvalue weighted by Crippen LogP contribution is 2.34. The van der Waals surface area contributed by atoms with Crippen molar-refractivity contribution < 1.29 is 14.7 Å². The van der Waals surface area contributed by atoms with Crippen LogP contribution in [0, 0.1) is 11.8 Å². The number of amides is 1. The Morgan fingerprint density at radius 2 is 1.89 bits per heavy atom. The predicted octanol–water partition coefficient (Wildman–Crippen LogP) is 1.84. The Hall–Kier alpha value is -0.710. The van der Waals surface area contributed by atoms with Crippen molar-refractivity contribution in [1.29, 1.82) is 0 Å². The summed E-state index contributed by atoms with van der Waals surface area (Å²) in [5.41, 5.74) is 0. The zero-order chi connectivity index (χ0) is 13.3. The minimum absolute atomic E-state index is 0.0659. The third kappa shape index (κ3) is 2.66. The predicted molar refractivity (Wildman–Crippen MR) is 71.6 cm³/mol. The zero-order valence-electron chi connectivity index (χ0n) is 11.0. The quantitative estimate of drug-likeness (QED) is 0.832. The standard InChI is InChI=1S/C13H21NO3S/c1-8-9(2)18-6-5-14(8)12(15)10-3-4-11(7-10)13(16)17/h8-11H,3-7H2,1-2H3,(H,16,17)/t8?,9?,10-,11+/m1/s1. The van der Waals surface area contributed by atoms with Gasteiger partial charge in [0.15, 0.2) is 0 Å². The number of nitrogens with zero attached hydrogens (tertiary/aromatic N) is 1. The van der Waals surface area contributed by atoms with Gasteiger partial charge in [0.2, 0.25) is 5.91 Å². The van der Waals surface area contributed by atoms with Crippen LogP contribution in [0.4, 0.5) is 0 Å². The van der Waals surface area contributed by atoms with Gasteiger partial charge in [-0.05, 0) is 26.2 Å². The molecule has 0 spiro atoms. The van der Waals surface area contributed by atoms with Crippen LogP contribution in [0.2, 0.25) is 0 Å². The van der Waals surface area contributed by atoms with E-state index in [4.69, 9.17) is 5.11 Å². The van der Waals surface area contributed by atoms with E-state index in [-0.39, 0.29) is 23.8 Å². The Bertz CT molecular complexity index is 347. The van der Waals surface area contributed by atoms with E-state index in [1.54, 1.807) is 0 Å². The van der Waals surface area contributed by atoms with Crippen molar-refractivity contribution >= 4 is 23.6 Å². The third-order valence-corrected chi connectivity index (χ3v) is 5.64. The lowest BCUT2D eigenvalue weighted by Gasteiger charge is -2.38. The van der Waals surface area contributed by atoms with E-state index in [0.29, 0.717) is 18.1 Å². The lowest BCUT2D eigenvalue weighted by Crippen LogP contribution is -2.49. The van der Waals surface area contributed by atoms with Gasteiger partial charge in [-0.15, -0.1) is 0 Å². The molecule has 4 atom stereocenters. The molecule has 1 aliphatic carbocycles. The van der Waals surface area contributed by atoms with Crippen molar-refractivity contribution in [3.8, 4) is 0 Å². The van der Waals surface area contributed by atoms with Gasteiger partial charge in [-0.25, -0.2) is 0 Å². The average Bonchev–Trinajstić information content (AvgIpc) is 2.81. The number of hydrogen-bond acceptors (Lipinski definition) is 3. The molecule has 5 heteroatoms. The highest BCUT2D eigenvalue weighted by atomic mass is 32.2. The van der Waals surface area contributed by atoms with E-state index >= 15 is 0 Å². The van der Waals surface area contributed by atoms with Crippen LogP contribution in [0.25, 0.3) is 0 Å². The van der Waals surface area contributed by atoms with Crippen molar-refractivity contribution in [1.82, 2.24) is 4.90 Å². The molecule has 1 N–H and O–H groups in total. The first-order valence-corrected chi connectivity index (χ1v) is 7.70. The molecule has 1 heterocycles. The topological polar surface area (TPSA) is 57.6 Å². The van der Waals surface area contributed by atoms with Crippen LogP contribution in [0.1, 0.15) is 33.1 Å². The molecular weight excluding hydrogens is 250 g/mol. The van der Waals surface area contributed by atoms with Gasteiger partial charge in [-0.2, -0.15) is 11.8 Å². The highest BCUT2D eigenvalue weighted by molar-refractivity contribution is 8.00. The van der Waals surface area contributed by atoms with Gasteiger partial charge < -0.3 is 10.0 Å². The number of carboxylic acids is 1. The Morgan fingerprint density at radius 3 is 2.50 bits per heavy atom. The number of carboxylic acid groups (broad SMARTS) is 1. The molecule has 2 unspecified atom stereocenters. The van der Waals surface area contributed by atoms with Gasteiger partial charge in [0.1, 0.15) is 0 Å². The molecule has 1 saturated carbocycles. The number of rotatable bonds is 2. The summed E-state index contributed by atoms with van der Waals surface area (Å²) in [5, 5.41) is 9.46. The van der Waals surface area contributed by atoms with E-state index in [2.05, 4.69) is 13.8 Å². The Morgan fingerprint density at radius 1 is 1.22 bits per heavy atom. The summed E-state index contributed by atoms with van der Waals surface area (Å²) < 4.78 is 0. The molecule has 0 radical (unpaired) electrons. The number of aliphatic carboxylic acids is 1. The smallest absolute Gasteiger partial charge is 0.306 e. The van der Waals surface area contributed by atoms with Crippen molar-refractivity contribution in [2.75, 3.05) is 12.3 Å². The second-order valence-electron chi connectivity index (χ2n) is 5.39. The number of thioether (sulfide) groups is 1. The molecule has 2 fully saturated rings. The van der Waals surface area contributed by atoms with Gasteiger partial charge in [0.05, 0.1) is 5.92 Å². The van der Waals surface area contributed by atoms with E-state index < -0.39 is 5.97 Å². The number of hydrogen-bond donors (Lipinski definition) is 1. The van der Waals surface area contributed by atoms with Crippen LogP contribution in [0.3, 0.4) is 0 Å². The van der Waals surface area contributed by atoms with Crippen molar-refractivity contribution in [3.05, 3.63) is 0 Å². The van der Waals surface area contributed by atoms with Gasteiger partial charge in [0.25, 0.3) is 0 Å². The SMILES string of the molecule is CC1SCCN(C(=O)[C@@H]2CC[C@H](C(=O)O)C2)C1C. The molecule has 1 aliphatic heterocycles. The molecule has 1 amide bonds. The summed E-state index contributed by atoms with van der Waals surface area (Å²) in [6.07, 6.45) is 1.91. The highest BCUT2D eigenvalue weighted by Gasteiger charge is 2.38. The minimum atomic E-state index is -0.749.